The van der Waals surface area contributed by atoms with Crippen LogP contribution >= 0.6 is 0 Å². The van der Waals surface area contributed by atoms with Gasteiger partial charge in [0.15, 0.2) is 6.10 Å². The number of carboxylic acids is 1. The zero-order chi connectivity index (χ0) is 24.2. The SMILES string of the molecule is CCC(C)C(NC(=O)OCC1c2ccccc2-c2ccccc21)C(=O)N1CCOC(C(=O)O)C1. The average molecular weight is 467 g/mol. The number of amides is 2. The van der Waals surface area contributed by atoms with Gasteiger partial charge in [0.2, 0.25) is 5.91 Å². The molecule has 0 saturated carbocycles. The van der Waals surface area contributed by atoms with Crippen molar-refractivity contribution in [2.75, 3.05) is 26.3 Å². The van der Waals surface area contributed by atoms with E-state index in [1.54, 1.807) is 0 Å². The zero-order valence-corrected chi connectivity index (χ0v) is 19.4. The van der Waals surface area contributed by atoms with Crippen molar-refractivity contribution in [2.24, 2.45) is 5.92 Å². The number of carbonyl (C=O) groups is 3. The molecule has 0 bridgehead atoms. The van der Waals surface area contributed by atoms with Crippen LogP contribution in [0.1, 0.15) is 37.3 Å². The molecule has 0 radical (unpaired) electrons. The lowest BCUT2D eigenvalue weighted by Gasteiger charge is -2.35. The van der Waals surface area contributed by atoms with Gasteiger partial charge in [-0.15, -0.1) is 0 Å². The van der Waals surface area contributed by atoms with Crippen molar-refractivity contribution in [1.29, 1.82) is 0 Å². The standard InChI is InChI=1S/C26H30N2O6/c1-3-16(2)23(24(29)28-12-13-33-22(14-28)25(30)31)27-26(32)34-15-21-19-10-6-4-8-17(19)18-9-5-7-11-20(18)21/h4-11,16,21-23H,3,12-15H2,1-2H3,(H,27,32)(H,30,31). The summed E-state index contributed by atoms with van der Waals surface area (Å²) in [6.07, 6.45) is -1.07. The van der Waals surface area contributed by atoms with Gasteiger partial charge in [0, 0.05) is 12.5 Å². The first-order chi connectivity index (χ1) is 16.4. The lowest BCUT2D eigenvalue weighted by Crippen LogP contribution is -2.56. The van der Waals surface area contributed by atoms with E-state index in [1.165, 1.54) is 4.90 Å². The van der Waals surface area contributed by atoms with Crippen LogP contribution < -0.4 is 5.32 Å². The second-order valence-corrected chi connectivity index (χ2v) is 8.82. The summed E-state index contributed by atoms with van der Waals surface area (Å²) in [4.78, 5) is 38.7. The van der Waals surface area contributed by atoms with E-state index in [4.69, 9.17) is 9.47 Å². The van der Waals surface area contributed by atoms with E-state index in [1.807, 2.05) is 50.2 Å². The summed E-state index contributed by atoms with van der Waals surface area (Å²) < 4.78 is 10.8. The Morgan fingerprint density at radius 2 is 1.74 bits per heavy atom. The van der Waals surface area contributed by atoms with Crippen LogP contribution in [0.25, 0.3) is 11.1 Å². The number of benzene rings is 2. The van der Waals surface area contributed by atoms with Gasteiger partial charge in [-0.25, -0.2) is 9.59 Å². The molecule has 1 fully saturated rings. The molecule has 180 valence electrons. The number of ether oxygens (including phenoxy) is 2. The molecule has 1 heterocycles. The van der Waals surface area contributed by atoms with Crippen LogP contribution in [0.5, 0.6) is 0 Å². The number of nitrogens with one attached hydrogen (secondary N) is 1. The van der Waals surface area contributed by atoms with E-state index < -0.39 is 24.2 Å². The number of nitrogens with zero attached hydrogens (tertiary/aromatic N) is 1. The third-order valence-corrected chi connectivity index (χ3v) is 6.75. The maximum Gasteiger partial charge on any atom is 0.407 e. The molecule has 1 saturated heterocycles. The smallest absolute Gasteiger partial charge is 0.407 e. The topological polar surface area (TPSA) is 105 Å². The molecule has 3 unspecified atom stereocenters. The molecule has 8 heteroatoms. The molecule has 2 amide bonds. The van der Waals surface area contributed by atoms with Gasteiger partial charge in [-0.2, -0.15) is 0 Å². The molecular weight excluding hydrogens is 436 g/mol. The fraction of sp³-hybridized carbons (Fsp3) is 0.423. The summed E-state index contributed by atoms with van der Waals surface area (Å²) in [6.45, 7) is 4.33. The highest BCUT2D eigenvalue weighted by Gasteiger charge is 2.36. The van der Waals surface area contributed by atoms with Crippen molar-refractivity contribution in [1.82, 2.24) is 10.2 Å². The Labute approximate surface area is 198 Å². The third-order valence-electron chi connectivity index (χ3n) is 6.75. The van der Waals surface area contributed by atoms with Crippen LogP contribution in [0.4, 0.5) is 4.79 Å². The number of alkyl carbamates (subject to hydrolysis) is 1. The number of carboxylic acid groups (broad SMARTS) is 1. The molecule has 4 rings (SSSR count). The van der Waals surface area contributed by atoms with E-state index in [0.29, 0.717) is 6.42 Å². The lowest BCUT2D eigenvalue weighted by molar-refractivity contribution is -0.160. The van der Waals surface area contributed by atoms with Crippen molar-refractivity contribution in [3.05, 3.63) is 59.7 Å². The van der Waals surface area contributed by atoms with Crippen molar-refractivity contribution >= 4 is 18.0 Å². The summed E-state index contributed by atoms with van der Waals surface area (Å²) in [5, 5.41) is 12.0. The van der Waals surface area contributed by atoms with Gasteiger partial charge in [0.1, 0.15) is 12.6 Å². The second-order valence-electron chi connectivity index (χ2n) is 8.82. The van der Waals surface area contributed by atoms with Crippen LogP contribution in [0.3, 0.4) is 0 Å². The van der Waals surface area contributed by atoms with Crippen molar-refractivity contribution < 1.29 is 29.0 Å². The second kappa shape index (κ2) is 10.3. The molecule has 0 spiro atoms. The molecule has 0 aromatic heterocycles. The Bertz CT molecular complexity index is 1030. The maximum absolute atomic E-state index is 13.2. The molecule has 2 aromatic carbocycles. The number of hydrogen-bond acceptors (Lipinski definition) is 5. The summed E-state index contributed by atoms with van der Waals surface area (Å²) in [6, 6.07) is 15.4. The van der Waals surface area contributed by atoms with Crippen molar-refractivity contribution in [3.8, 4) is 11.1 Å². The maximum atomic E-state index is 13.2. The van der Waals surface area contributed by atoms with Crippen LogP contribution in [0, 0.1) is 5.92 Å². The molecular formula is C26H30N2O6. The summed E-state index contributed by atoms with van der Waals surface area (Å²) in [5.74, 6) is -1.66. The highest BCUT2D eigenvalue weighted by Crippen LogP contribution is 2.44. The van der Waals surface area contributed by atoms with E-state index in [-0.39, 0.29) is 44.0 Å². The van der Waals surface area contributed by atoms with Crippen molar-refractivity contribution in [2.45, 2.75) is 38.3 Å². The number of morpholine rings is 1. The number of rotatable bonds is 7. The minimum Gasteiger partial charge on any atom is -0.479 e. The average Bonchev–Trinajstić information content (AvgIpc) is 3.19. The third kappa shape index (κ3) is 4.77. The number of carbonyl (C=O) groups excluding carboxylic acids is 2. The highest BCUT2D eigenvalue weighted by molar-refractivity contribution is 5.87. The predicted octanol–water partition coefficient (Wildman–Crippen LogP) is 3.25. The normalized spacial score (nSPS) is 19.0. The van der Waals surface area contributed by atoms with E-state index in [0.717, 1.165) is 22.3 Å². The molecule has 34 heavy (non-hydrogen) atoms. The zero-order valence-electron chi connectivity index (χ0n) is 19.4. The molecule has 2 N–H and O–H groups in total. The monoisotopic (exact) mass is 466 g/mol. The Morgan fingerprint density at radius 1 is 1.12 bits per heavy atom. The van der Waals surface area contributed by atoms with Gasteiger partial charge in [-0.05, 0) is 28.2 Å². The molecule has 2 aliphatic rings. The molecule has 1 aliphatic heterocycles. The molecule has 8 nitrogen and oxygen atoms in total. The number of fused-ring (bicyclic) bond motifs is 3. The van der Waals surface area contributed by atoms with Gasteiger partial charge in [-0.3, -0.25) is 4.79 Å². The number of aliphatic carboxylic acids is 1. The Hall–Kier alpha value is -3.39. The van der Waals surface area contributed by atoms with E-state index >= 15 is 0 Å². The Morgan fingerprint density at radius 3 is 2.32 bits per heavy atom. The van der Waals surface area contributed by atoms with E-state index in [2.05, 4.69) is 17.4 Å². The first-order valence-corrected chi connectivity index (χ1v) is 11.6. The van der Waals surface area contributed by atoms with Crippen molar-refractivity contribution in [3.63, 3.8) is 0 Å². The first-order valence-electron chi connectivity index (χ1n) is 11.6. The minimum absolute atomic E-state index is 0.0481. The fourth-order valence-electron chi connectivity index (χ4n) is 4.65. The summed E-state index contributed by atoms with van der Waals surface area (Å²) in [7, 11) is 0. The highest BCUT2D eigenvalue weighted by atomic mass is 16.5. The van der Waals surface area contributed by atoms with Gasteiger partial charge >= 0.3 is 12.1 Å². The number of hydrogen-bond donors (Lipinski definition) is 2. The van der Waals surface area contributed by atoms with Gasteiger partial charge in [0.05, 0.1) is 13.2 Å². The first kappa shape index (κ1) is 23.8. The van der Waals surface area contributed by atoms with Crippen LogP contribution in [-0.2, 0) is 19.1 Å². The van der Waals surface area contributed by atoms with Crippen LogP contribution in [0.15, 0.2) is 48.5 Å². The van der Waals surface area contributed by atoms with Crippen LogP contribution in [0.2, 0.25) is 0 Å². The van der Waals surface area contributed by atoms with E-state index in [9.17, 15) is 19.5 Å². The molecule has 2 aromatic rings. The van der Waals surface area contributed by atoms with Gasteiger partial charge in [0.25, 0.3) is 0 Å². The summed E-state index contributed by atoms with van der Waals surface area (Å²) >= 11 is 0. The van der Waals surface area contributed by atoms with Crippen LogP contribution in [-0.4, -0.2) is 66.4 Å². The van der Waals surface area contributed by atoms with Gasteiger partial charge < -0.3 is 24.8 Å². The minimum atomic E-state index is -1.11. The molecule has 3 atom stereocenters. The lowest BCUT2D eigenvalue weighted by atomic mass is 9.97. The largest absolute Gasteiger partial charge is 0.479 e. The Kier molecular flexibility index (Phi) is 7.17. The Balaban J connectivity index is 1.43. The van der Waals surface area contributed by atoms with Gasteiger partial charge in [-0.1, -0.05) is 68.8 Å². The summed E-state index contributed by atoms with van der Waals surface area (Å²) in [5.41, 5.74) is 4.50. The predicted molar refractivity (Wildman–Crippen MR) is 125 cm³/mol. The molecule has 1 aliphatic carbocycles. The fourth-order valence-corrected chi connectivity index (χ4v) is 4.65. The quantitative estimate of drug-likeness (QED) is 0.649.